The van der Waals surface area contributed by atoms with E-state index < -0.39 is 30.7 Å². The Labute approximate surface area is 107 Å². The highest BCUT2D eigenvalue weighted by atomic mass is 19.4. The van der Waals surface area contributed by atoms with Crippen molar-refractivity contribution in [3.63, 3.8) is 0 Å². The largest absolute Gasteiger partial charge is 0.406 e. The van der Waals surface area contributed by atoms with Crippen LogP contribution in [0.15, 0.2) is 18.3 Å². The van der Waals surface area contributed by atoms with Crippen LogP contribution >= 0.6 is 0 Å². The third kappa shape index (κ3) is 5.11. The van der Waals surface area contributed by atoms with E-state index in [0.29, 0.717) is 4.90 Å². The molecule has 0 unspecified atom stereocenters. The van der Waals surface area contributed by atoms with Crippen molar-refractivity contribution < 1.29 is 22.4 Å². The molecule has 0 radical (unpaired) electrons. The molecule has 0 aliphatic rings. The van der Waals surface area contributed by atoms with Crippen molar-refractivity contribution in [1.29, 1.82) is 0 Å². The molecule has 106 valence electrons. The third-order valence-corrected chi connectivity index (χ3v) is 2.21. The summed E-state index contributed by atoms with van der Waals surface area (Å²) < 4.78 is 49.6. The molecule has 19 heavy (non-hydrogen) atoms. The minimum absolute atomic E-state index is 0.124. The third-order valence-electron chi connectivity index (χ3n) is 2.21. The molecule has 1 heterocycles. The number of carbonyl (C=O) groups excluding carboxylic acids is 1. The summed E-state index contributed by atoms with van der Waals surface area (Å²) in [5.74, 6) is -0.742. The van der Waals surface area contributed by atoms with Crippen molar-refractivity contribution in [2.45, 2.75) is 26.1 Å². The fourth-order valence-corrected chi connectivity index (χ4v) is 1.33. The summed E-state index contributed by atoms with van der Waals surface area (Å²) in [5, 5.41) is 2.23. The molecule has 0 saturated heterocycles. The first-order chi connectivity index (χ1) is 8.69. The number of halogens is 4. The lowest BCUT2D eigenvalue weighted by molar-refractivity contribution is -0.142. The molecule has 2 amide bonds. The Bertz CT molecular complexity index is 431. The molecule has 0 aromatic carbocycles. The average Bonchev–Trinajstić information content (AvgIpc) is 2.27. The van der Waals surface area contributed by atoms with Crippen LogP contribution in [0.2, 0.25) is 0 Å². The Balaban J connectivity index is 2.75. The first-order valence-electron chi connectivity index (χ1n) is 5.45. The standard InChI is InChI=1S/C11H13F4N3O/c1-7(2)18(6-11(13,14)15)10(19)17-8-3-4-9(12)16-5-8/h3-5,7H,6H2,1-2H3,(H,17,19). The summed E-state index contributed by atoms with van der Waals surface area (Å²) in [5.41, 5.74) is 0.124. The number of urea groups is 1. The van der Waals surface area contributed by atoms with Gasteiger partial charge in [-0.2, -0.15) is 17.6 Å². The van der Waals surface area contributed by atoms with Crippen LogP contribution in [0.3, 0.4) is 0 Å². The maximum Gasteiger partial charge on any atom is 0.406 e. The van der Waals surface area contributed by atoms with Crippen LogP contribution in [0, 0.1) is 5.95 Å². The number of anilines is 1. The van der Waals surface area contributed by atoms with Gasteiger partial charge in [0.1, 0.15) is 6.54 Å². The maximum atomic E-state index is 12.6. The van der Waals surface area contributed by atoms with Gasteiger partial charge < -0.3 is 10.2 Å². The van der Waals surface area contributed by atoms with Gasteiger partial charge in [0.15, 0.2) is 0 Å². The smallest absolute Gasteiger partial charge is 0.313 e. The number of rotatable bonds is 3. The van der Waals surface area contributed by atoms with Crippen molar-refractivity contribution in [2.24, 2.45) is 0 Å². The first kappa shape index (κ1) is 15.2. The van der Waals surface area contributed by atoms with Gasteiger partial charge in [-0.1, -0.05) is 0 Å². The summed E-state index contributed by atoms with van der Waals surface area (Å²) in [6.07, 6.45) is -3.46. The normalized spacial score (nSPS) is 11.5. The molecule has 0 bridgehead atoms. The Morgan fingerprint density at radius 3 is 2.47 bits per heavy atom. The van der Waals surface area contributed by atoms with E-state index in [9.17, 15) is 22.4 Å². The molecule has 0 aliphatic heterocycles. The quantitative estimate of drug-likeness (QED) is 0.682. The zero-order valence-corrected chi connectivity index (χ0v) is 10.3. The molecule has 0 saturated carbocycles. The van der Waals surface area contributed by atoms with E-state index in [-0.39, 0.29) is 5.69 Å². The van der Waals surface area contributed by atoms with E-state index in [1.54, 1.807) is 0 Å². The van der Waals surface area contributed by atoms with Crippen molar-refractivity contribution in [3.05, 3.63) is 24.3 Å². The van der Waals surface area contributed by atoms with Gasteiger partial charge in [0.05, 0.1) is 11.9 Å². The number of nitrogens with one attached hydrogen (secondary N) is 1. The van der Waals surface area contributed by atoms with Crippen molar-refractivity contribution in [1.82, 2.24) is 9.88 Å². The molecule has 1 aromatic rings. The second-order valence-electron chi connectivity index (χ2n) is 4.14. The van der Waals surface area contributed by atoms with Gasteiger partial charge in [-0.15, -0.1) is 0 Å². The van der Waals surface area contributed by atoms with Gasteiger partial charge in [0.25, 0.3) is 0 Å². The number of hydrogen-bond donors (Lipinski definition) is 1. The number of carbonyl (C=O) groups is 1. The molecule has 0 atom stereocenters. The fraction of sp³-hybridized carbons (Fsp3) is 0.455. The zero-order chi connectivity index (χ0) is 14.6. The van der Waals surface area contributed by atoms with Crippen molar-refractivity contribution in [2.75, 3.05) is 11.9 Å². The molecule has 1 rings (SSSR count). The number of pyridine rings is 1. The molecule has 4 nitrogen and oxygen atoms in total. The predicted octanol–water partition coefficient (Wildman–Crippen LogP) is 3.03. The predicted molar refractivity (Wildman–Crippen MR) is 61.1 cm³/mol. The number of aromatic nitrogens is 1. The van der Waals surface area contributed by atoms with Crippen LogP contribution in [0.5, 0.6) is 0 Å². The first-order valence-corrected chi connectivity index (χ1v) is 5.45. The van der Waals surface area contributed by atoms with Crippen molar-refractivity contribution in [3.8, 4) is 0 Å². The molecule has 1 N–H and O–H groups in total. The second kappa shape index (κ2) is 5.85. The number of alkyl halides is 3. The Morgan fingerprint density at radius 1 is 1.42 bits per heavy atom. The van der Waals surface area contributed by atoms with Gasteiger partial charge in [-0.05, 0) is 26.0 Å². The van der Waals surface area contributed by atoms with E-state index >= 15 is 0 Å². The van der Waals surface area contributed by atoms with Gasteiger partial charge in [0, 0.05) is 6.04 Å². The van der Waals surface area contributed by atoms with E-state index in [1.165, 1.54) is 19.9 Å². The molecular weight excluding hydrogens is 266 g/mol. The Hall–Kier alpha value is -1.86. The monoisotopic (exact) mass is 279 g/mol. The van der Waals surface area contributed by atoms with Crippen molar-refractivity contribution >= 4 is 11.7 Å². The van der Waals surface area contributed by atoms with Gasteiger partial charge in [-0.25, -0.2) is 9.78 Å². The lowest BCUT2D eigenvalue weighted by Gasteiger charge is -2.27. The fourth-order valence-electron chi connectivity index (χ4n) is 1.33. The lowest BCUT2D eigenvalue weighted by atomic mass is 10.3. The highest BCUT2D eigenvalue weighted by molar-refractivity contribution is 5.89. The zero-order valence-electron chi connectivity index (χ0n) is 10.3. The van der Waals surface area contributed by atoms with E-state index in [1.807, 2.05) is 0 Å². The molecule has 8 heteroatoms. The van der Waals surface area contributed by atoms with Crippen LogP contribution in [-0.2, 0) is 0 Å². The van der Waals surface area contributed by atoms with E-state index in [2.05, 4.69) is 10.3 Å². The number of nitrogens with zero attached hydrogens (tertiary/aromatic N) is 2. The van der Waals surface area contributed by atoms with Gasteiger partial charge in [-0.3, -0.25) is 0 Å². The highest BCUT2D eigenvalue weighted by Crippen LogP contribution is 2.19. The molecule has 0 fully saturated rings. The van der Waals surface area contributed by atoms with E-state index in [4.69, 9.17) is 0 Å². The summed E-state index contributed by atoms with van der Waals surface area (Å²) in [6, 6.07) is 0.668. The number of hydrogen-bond acceptors (Lipinski definition) is 2. The lowest BCUT2D eigenvalue weighted by Crippen LogP contribution is -2.45. The summed E-state index contributed by atoms with van der Waals surface area (Å²) in [7, 11) is 0. The Kier molecular flexibility index (Phi) is 4.68. The highest BCUT2D eigenvalue weighted by Gasteiger charge is 2.34. The maximum absolute atomic E-state index is 12.6. The van der Waals surface area contributed by atoms with Crippen LogP contribution in [0.4, 0.5) is 28.0 Å². The number of amides is 2. The minimum atomic E-state index is -4.48. The molecule has 0 spiro atoms. The SMILES string of the molecule is CC(C)N(CC(F)(F)F)C(=O)Nc1ccc(F)nc1. The Morgan fingerprint density at radius 2 is 2.05 bits per heavy atom. The average molecular weight is 279 g/mol. The van der Waals surface area contributed by atoms with Crippen LogP contribution in [-0.4, -0.2) is 34.7 Å². The topological polar surface area (TPSA) is 45.2 Å². The molecule has 0 aliphatic carbocycles. The van der Waals surface area contributed by atoms with Crippen LogP contribution in [0.1, 0.15) is 13.8 Å². The van der Waals surface area contributed by atoms with Gasteiger partial charge in [0.2, 0.25) is 5.95 Å². The van der Waals surface area contributed by atoms with Gasteiger partial charge >= 0.3 is 12.2 Å². The summed E-state index contributed by atoms with van der Waals surface area (Å²) in [4.78, 5) is 15.6. The minimum Gasteiger partial charge on any atom is -0.313 e. The summed E-state index contributed by atoms with van der Waals surface area (Å²) >= 11 is 0. The summed E-state index contributed by atoms with van der Waals surface area (Å²) in [6.45, 7) is 1.58. The molecular formula is C11H13F4N3O. The van der Waals surface area contributed by atoms with Crippen LogP contribution in [0.25, 0.3) is 0 Å². The van der Waals surface area contributed by atoms with E-state index in [0.717, 1.165) is 12.3 Å². The molecule has 1 aromatic heterocycles. The van der Waals surface area contributed by atoms with Crippen LogP contribution < -0.4 is 5.32 Å². The second-order valence-corrected chi connectivity index (χ2v) is 4.14.